The lowest BCUT2D eigenvalue weighted by atomic mass is 9.95. The smallest absolute Gasteiger partial charge is 0.324 e. The minimum Gasteiger partial charge on any atom is -0.324 e. The van der Waals surface area contributed by atoms with Crippen molar-refractivity contribution in [2.45, 2.75) is 25.1 Å². The largest absolute Gasteiger partial charge is 0.417 e. The number of carbonyl (C=O) groups excluding carboxylic acids is 1. The molecule has 1 unspecified atom stereocenters. The number of halogens is 3. The predicted octanol–water partition coefficient (Wildman–Crippen LogP) is 3.73. The first kappa shape index (κ1) is 17.9. The van der Waals surface area contributed by atoms with Gasteiger partial charge < -0.3 is 5.32 Å². The van der Waals surface area contributed by atoms with Gasteiger partial charge in [0, 0.05) is 12.1 Å². The Kier molecular flexibility index (Phi) is 4.46. The predicted molar refractivity (Wildman–Crippen MR) is 91.8 cm³/mol. The summed E-state index contributed by atoms with van der Waals surface area (Å²) >= 11 is 1.49. The van der Waals surface area contributed by atoms with Crippen LogP contribution in [0.5, 0.6) is 0 Å². The summed E-state index contributed by atoms with van der Waals surface area (Å²) in [7, 11) is 0. The number of amides is 1. The van der Waals surface area contributed by atoms with Crippen LogP contribution in [0.25, 0.3) is 0 Å². The highest BCUT2D eigenvalue weighted by Gasteiger charge is 2.40. The summed E-state index contributed by atoms with van der Waals surface area (Å²) in [6, 6.07) is 8.32. The van der Waals surface area contributed by atoms with Gasteiger partial charge in [-0.05, 0) is 36.6 Å². The van der Waals surface area contributed by atoms with Crippen LogP contribution in [0.4, 0.5) is 18.9 Å². The number of hydrogen-bond acceptors (Lipinski definition) is 5. The molecule has 0 radical (unpaired) electrons. The number of carbonyl (C=O) groups is 1. The molecule has 0 spiro atoms. The van der Waals surface area contributed by atoms with Crippen molar-refractivity contribution < 1.29 is 18.0 Å². The average molecular weight is 378 g/mol. The summed E-state index contributed by atoms with van der Waals surface area (Å²) in [5, 5.41) is 17.4. The molecule has 0 saturated carbocycles. The van der Waals surface area contributed by atoms with Crippen LogP contribution in [0.3, 0.4) is 0 Å². The Morgan fingerprint density at radius 2 is 2.19 bits per heavy atom. The molecule has 0 bridgehead atoms. The van der Waals surface area contributed by atoms with Crippen LogP contribution in [-0.2, 0) is 11.0 Å². The zero-order valence-corrected chi connectivity index (χ0v) is 14.3. The van der Waals surface area contributed by atoms with Crippen LogP contribution in [0.1, 0.15) is 29.3 Å². The fraction of sp³-hybridized carbons (Fsp3) is 0.235. The van der Waals surface area contributed by atoms with E-state index in [-0.39, 0.29) is 5.69 Å². The Balaban J connectivity index is 1.78. The first-order valence-corrected chi connectivity index (χ1v) is 8.41. The Morgan fingerprint density at radius 1 is 1.42 bits per heavy atom. The van der Waals surface area contributed by atoms with Crippen LogP contribution in [0.2, 0.25) is 0 Å². The highest BCUT2D eigenvalue weighted by Crippen LogP contribution is 2.34. The third-order valence-electron chi connectivity index (χ3n) is 3.97. The van der Waals surface area contributed by atoms with E-state index in [1.807, 2.05) is 17.5 Å². The van der Waals surface area contributed by atoms with Crippen molar-refractivity contribution in [1.82, 2.24) is 5.43 Å². The lowest BCUT2D eigenvalue weighted by Crippen LogP contribution is -2.47. The SMILES string of the molecule is CC1(C(=O)Nc2ccc(C#N)c(C(F)(F)F)c2)CC(c2cccs2)=NN1. The zero-order valence-electron chi connectivity index (χ0n) is 13.5. The summed E-state index contributed by atoms with van der Waals surface area (Å²) in [6.45, 7) is 1.63. The van der Waals surface area contributed by atoms with Crippen molar-refractivity contribution in [3.63, 3.8) is 0 Å². The molecular weight excluding hydrogens is 365 g/mol. The molecule has 134 valence electrons. The Labute approximate surface area is 151 Å². The number of benzene rings is 1. The zero-order chi connectivity index (χ0) is 18.9. The van der Waals surface area contributed by atoms with Crippen LogP contribution >= 0.6 is 11.3 Å². The van der Waals surface area contributed by atoms with Gasteiger partial charge in [-0.25, -0.2) is 0 Å². The van der Waals surface area contributed by atoms with Crippen LogP contribution in [0.15, 0.2) is 40.8 Å². The highest BCUT2D eigenvalue weighted by atomic mass is 32.1. The normalized spacial score (nSPS) is 19.4. The molecule has 1 amide bonds. The molecule has 0 saturated heterocycles. The number of alkyl halides is 3. The monoisotopic (exact) mass is 378 g/mol. The summed E-state index contributed by atoms with van der Waals surface area (Å²) in [6.07, 6.45) is -4.38. The van der Waals surface area contributed by atoms with Gasteiger partial charge in [-0.2, -0.15) is 23.5 Å². The molecule has 2 N–H and O–H groups in total. The lowest BCUT2D eigenvalue weighted by molar-refractivity contribution is -0.137. The molecule has 2 heterocycles. The van der Waals surface area contributed by atoms with E-state index in [1.54, 1.807) is 6.92 Å². The molecule has 0 fully saturated rings. The maximum absolute atomic E-state index is 13.0. The second-order valence-corrected chi connectivity index (χ2v) is 6.93. The Bertz CT molecular complexity index is 915. The van der Waals surface area contributed by atoms with Gasteiger partial charge in [0.15, 0.2) is 0 Å². The average Bonchev–Trinajstić information content (AvgIpc) is 3.24. The van der Waals surface area contributed by atoms with Gasteiger partial charge in [-0.15, -0.1) is 11.3 Å². The summed E-state index contributed by atoms with van der Waals surface area (Å²) in [5.74, 6) is -0.509. The molecule has 1 atom stereocenters. The molecular formula is C17H13F3N4OS. The van der Waals surface area contributed by atoms with Gasteiger partial charge in [-0.1, -0.05) is 6.07 Å². The number of nitrogens with one attached hydrogen (secondary N) is 2. The number of nitrogens with zero attached hydrogens (tertiary/aromatic N) is 2. The van der Waals surface area contributed by atoms with Crippen molar-refractivity contribution >= 4 is 28.6 Å². The van der Waals surface area contributed by atoms with Gasteiger partial charge in [0.2, 0.25) is 0 Å². The quantitative estimate of drug-likeness (QED) is 0.854. The van der Waals surface area contributed by atoms with Crippen LogP contribution in [-0.4, -0.2) is 17.2 Å². The molecule has 0 aliphatic carbocycles. The number of nitriles is 1. The number of anilines is 1. The molecule has 1 aliphatic heterocycles. The number of hydrogen-bond donors (Lipinski definition) is 2. The molecule has 2 aromatic rings. The molecule has 1 aliphatic rings. The number of rotatable bonds is 3. The van der Waals surface area contributed by atoms with Crippen molar-refractivity contribution in [1.29, 1.82) is 5.26 Å². The van der Waals surface area contributed by atoms with Crippen LogP contribution < -0.4 is 10.7 Å². The molecule has 1 aromatic carbocycles. The Hall–Kier alpha value is -2.86. The molecule has 26 heavy (non-hydrogen) atoms. The summed E-state index contributed by atoms with van der Waals surface area (Å²) in [4.78, 5) is 13.5. The maximum Gasteiger partial charge on any atom is 0.417 e. The minimum absolute atomic E-state index is 0.0334. The van der Waals surface area contributed by atoms with E-state index in [2.05, 4.69) is 15.8 Å². The number of thiophene rings is 1. The summed E-state index contributed by atoms with van der Waals surface area (Å²) in [5.41, 5.74) is 0.790. The van der Waals surface area contributed by atoms with E-state index < -0.39 is 28.7 Å². The first-order valence-electron chi connectivity index (χ1n) is 7.53. The van der Waals surface area contributed by atoms with Crippen LogP contribution in [0, 0.1) is 11.3 Å². The molecule has 3 rings (SSSR count). The number of hydrazone groups is 1. The van der Waals surface area contributed by atoms with Gasteiger partial charge in [-0.3, -0.25) is 10.2 Å². The van der Waals surface area contributed by atoms with E-state index in [4.69, 9.17) is 5.26 Å². The van der Waals surface area contributed by atoms with Crippen molar-refractivity contribution in [3.05, 3.63) is 51.7 Å². The topological polar surface area (TPSA) is 77.3 Å². The van der Waals surface area contributed by atoms with Gasteiger partial charge >= 0.3 is 6.18 Å². The fourth-order valence-electron chi connectivity index (χ4n) is 2.54. The molecule has 9 heteroatoms. The third-order valence-corrected chi connectivity index (χ3v) is 4.89. The maximum atomic E-state index is 13.0. The third kappa shape index (κ3) is 3.41. The van der Waals surface area contributed by atoms with E-state index in [0.29, 0.717) is 12.1 Å². The van der Waals surface area contributed by atoms with Gasteiger partial charge in [0.1, 0.15) is 5.54 Å². The molecule has 5 nitrogen and oxygen atoms in total. The van der Waals surface area contributed by atoms with E-state index in [9.17, 15) is 18.0 Å². The fourth-order valence-corrected chi connectivity index (χ4v) is 3.26. The highest BCUT2D eigenvalue weighted by molar-refractivity contribution is 7.12. The second kappa shape index (κ2) is 6.46. The molecule has 1 aromatic heterocycles. The Morgan fingerprint density at radius 3 is 2.81 bits per heavy atom. The van der Waals surface area contributed by atoms with Gasteiger partial charge in [0.25, 0.3) is 5.91 Å². The first-order chi connectivity index (χ1) is 12.2. The van der Waals surface area contributed by atoms with Crippen molar-refractivity contribution in [2.24, 2.45) is 5.10 Å². The standard InChI is InChI=1S/C17H13F3N4OS/c1-16(8-13(23-24-16)14-3-2-6-26-14)15(25)22-11-5-4-10(9-21)12(7-11)17(18,19)20/h2-7,24H,8H2,1H3,(H,22,25). The van der Waals surface area contributed by atoms with Crippen molar-refractivity contribution in [3.8, 4) is 6.07 Å². The minimum atomic E-state index is -4.68. The summed E-state index contributed by atoms with van der Waals surface area (Å²) < 4.78 is 39.1. The van der Waals surface area contributed by atoms with E-state index in [1.165, 1.54) is 23.5 Å². The lowest BCUT2D eigenvalue weighted by Gasteiger charge is -2.23. The van der Waals surface area contributed by atoms with E-state index >= 15 is 0 Å². The van der Waals surface area contributed by atoms with Crippen molar-refractivity contribution in [2.75, 3.05) is 5.32 Å². The van der Waals surface area contributed by atoms with Gasteiger partial charge in [0.05, 0.1) is 27.8 Å². The van der Waals surface area contributed by atoms with E-state index in [0.717, 1.165) is 17.0 Å². The second-order valence-electron chi connectivity index (χ2n) is 5.98.